The van der Waals surface area contributed by atoms with E-state index >= 15 is 0 Å². The Hall–Kier alpha value is -2.14. The first-order chi connectivity index (χ1) is 12.2. The first-order valence-electron chi connectivity index (χ1n) is 8.30. The van der Waals surface area contributed by atoms with Crippen molar-refractivity contribution in [2.75, 3.05) is 20.0 Å². The number of hydrogen-bond donors (Lipinski definition) is 1. The monoisotopic (exact) mass is 359 g/mol. The molecule has 0 spiro atoms. The van der Waals surface area contributed by atoms with Gasteiger partial charge in [-0.25, -0.2) is 0 Å². The van der Waals surface area contributed by atoms with E-state index in [1.54, 1.807) is 26.0 Å². The van der Waals surface area contributed by atoms with Crippen molar-refractivity contribution in [3.63, 3.8) is 0 Å². The number of carbonyl (C=O) groups is 1. The molecule has 0 unspecified atom stereocenters. The summed E-state index contributed by atoms with van der Waals surface area (Å²) in [4.78, 5) is 12.3. The third kappa shape index (κ3) is 5.71. The van der Waals surface area contributed by atoms with Crippen LogP contribution in [0.2, 0.25) is 0 Å². The summed E-state index contributed by atoms with van der Waals surface area (Å²) >= 11 is 1.62. The third-order valence-corrected chi connectivity index (χ3v) is 4.90. The van der Waals surface area contributed by atoms with Crippen LogP contribution in [0.25, 0.3) is 0 Å². The summed E-state index contributed by atoms with van der Waals surface area (Å²) in [7, 11) is 3.22. The lowest BCUT2D eigenvalue weighted by Crippen LogP contribution is -2.29. The summed E-state index contributed by atoms with van der Waals surface area (Å²) in [5, 5.41) is 3.10. The van der Waals surface area contributed by atoms with Gasteiger partial charge in [-0.1, -0.05) is 43.3 Å². The lowest BCUT2D eigenvalue weighted by molar-refractivity contribution is -0.119. The molecule has 2 rings (SSSR count). The predicted molar refractivity (Wildman–Crippen MR) is 103 cm³/mol. The molecule has 0 heterocycles. The highest BCUT2D eigenvalue weighted by Gasteiger charge is 2.15. The molecule has 1 amide bonds. The molecule has 25 heavy (non-hydrogen) atoms. The number of benzene rings is 2. The lowest BCUT2D eigenvalue weighted by Gasteiger charge is -2.19. The molecule has 2 aromatic carbocycles. The molecule has 0 radical (unpaired) electrons. The fraction of sp³-hybridized carbons (Fsp3) is 0.350. The quantitative estimate of drug-likeness (QED) is 0.729. The molecule has 0 bridgehead atoms. The van der Waals surface area contributed by atoms with E-state index < -0.39 is 0 Å². The smallest absolute Gasteiger partial charge is 0.230 e. The highest BCUT2D eigenvalue weighted by molar-refractivity contribution is 7.99. The van der Waals surface area contributed by atoms with Gasteiger partial charge in [-0.15, -0.1) is 11.8 Å². The van der Waals surface area contributed by atoms with Crippen LogP contribution in [-0.4, -0.2) is 25.9 Å². The Kier molecular flexibility index (Phi) is 7.67. The second-order valence-corrected chi connectivity index (χ2v) is 6.61. The van der Waals surface area contributed by atoms with E-state index in [0.29, 0.717) is 17.3 Å². The molecule has 0 aromatic heterocycles. The molecule has 0 saturated heterocycles. The van der Waals surface area contributed by atoms with Gasteiger partial charge in [0.05, 0.1) is 26.0 Å². The predicted octanol–water partition coefficient (Wildman–Crippen LogP) is 4.20. The SMILES string of the molecule is CC[C@@H](NC(=O)CSCc1ccccc1)c1ccc(OC)c(OC)c1. The van der Waals surface area contributed by atoms with Gasteiger partial charge in [0.15, 0.2) is 11.5 Å². The number of amides is 1. The van der Waals surface area contributed by atoms with E-state index in [1.165, 1.54) is 5.56 Å². The molecular formula is C20H25NO3S. The van der Waals surface area contributed by atoms with Crippen molar-refractivity contribution in [1.82, 2.24) is 5.32 Å². The minimum Gasteiger partial charge on any atom is -0.493 e. The number of nitrogens with one attached hydrogen (secondary N) is 1. The van der Waals surface area contributed by atoms with Crippen LogP contribution >= 0.6 is 11.8 Å². The number of rotatable bonds is 9. The average molecular weight is 359 g/mol. The molecule has 1 N–H and O–H groups in total. The second kappa shape index (κ2) is 9.99. The maximum atomic E-state index is 12.3. The van der Waals surface area contributed by atoms with Crippen molar-refractivity contribution in [2.45, 2.75) is 25.1 Å². The van der Waals surface area contributed by atoms with Gasteiger partial charge in [-0.05, 0) is 29.7 Å². The Morgan fingerprint density at radius 3 is 2.44 bits per heavy atom. The van der Waals surface area contributed by atoms with E-state index in [1.807, 2.05) is 36.4 Å². The van der Waals surface area contributed by atoms with Crippen molar-refractivity contribution in [1.29, 1.82) is 0 Å². The van der Waals surface area contributed by atoms with Crippen molar-refractivity contribution in [3.8, 4) is 11.5 Å². The molecule has 5 heteroatoms. The normalized spacial score (nSPS) is 11.6. The standard InChI is InChI=1S/C20H25NO3S/c1-4-17(16-10-11-18(23-2)19(12-16)24-3)21-20(22)14-25-13-15-8-6-5-7-9-15/h5-12,17H,4,13-14H2,1-3H3,(H,21,22)/t17-/m1/s1. The summed E-state index contributed by atoms with van der Waals surface area (Å²) in [6.07, 6.45) is 0.810. The van der Waals surface area contributed by atoms with Crippen LogP contribution in [0.15, 0.2) is 48.5 Å². The zero-order chi connectivity index (χ0) is 18.1. The van der Waals surface area contributed by atoms with Gasteiger partial charge in [-0.3, -0.25) is 4.79 Å². The van der Waals surface area contributed by atoms with E-state index in [-0.39, 0.29) is 11.9 Å². The molecule has 0 saturated carbocycles. The van der Waals surface area contributed by atoms with Gasteiger partial charge in [0, 0.05) is 5.75 Å². The van der Waals surface area contributed by atoms with Crippen LogP contribution < -0.4 is 14.8 Å². The molecule has 134 valence electrons. The zero-order valence-electron chi connectivity index (χ0n) is 15.0. The van der Waals surface area contributed by atoms with Gasteiger partial charge in [0.1, 0.15) is 0 Å². The summed E-state index contributed by atoms with van der Waals surface area (Å²) in [6, 6.07) is 15.9. The van der Waals surface area contributed by atoms with Crippen molar-refractivity contribution < 1.29 is 14.3 Å². The second-order valence-electron chi connectivity index (χ2n) is 5.62. The summed E-state index contributed by atoms with van der Waals surface area (Å²) < 4.78 is 10.6. The van der Waals surface area contributed by atoms with Crippen molar-refractivity contribution in [3.05, 3.63) is 59.7 Å². The Labute approximate surface area is 153 Å². The fourth-order valence-electron chi connectivity index (χ4n) is 2.56. The topological polar surface area (TPSA) is 47.6 Å². The Balaban J connectivity index is 1.91. The zero-order valence-corrected chi connectivity index (χ0v) is 15.8. The van der Waals surface area contributed by atoms with Gasteiger partial charge in [0.25, 0.3) is 0 Å². The molecule has 0 aliphatic heterocycles. The molecular weight excluding hydrogens is 334 g/mol. The van der Waals surface area contributed by atoms with Crippen LogP contribution in [0.5, 0.6) is 11.5 Å². The van der Waals surface area contributed by atoms with E-state index in [0.717, 1.165) is 17.7 Å². The highest BCUT2D eigenvalue weighted by atomic mass is 32.2. The van der Waals surface area contributed by atoms with Gasteiger partial charge < -0.3 is 14.8 Å². The minimum atomic E-state index is -0.0374. The fourth-order valence-corrected chi connectivity index (χ4v) is 3.36. The third-order valence-electron chi connectivity index (χ3n) is 3.90. The summed E-state index contributed by atoms with van der Waals surface area (Å²) in [5.74, 6) is 2.68. The van der Waals surface area contributed by atoms with Crippen molar-refractivity contribution in [2.24, 2.45) is 0 Å². The molecule has 4 nitrogen and oxygen atoms in total. The molecule has 2 aromatic rings. The summed E-state index contributed by atoms with van der Waals surface area (Å²) in [6.45, 7) is 2.05. The number of hydrogen-bond acceptors (Lipinski definition) is 4. The summed E-state index contributed by atoms with van der Waals surface area (Å²) in [5.41, 5.74) is 2.24. The maximum absolute atomic E-state index is 12.3. The molecule has 0 aliphatic carbocycles. The van der Waals surface area contributed by atoms with Crippen LogP contribution in [0.4, 0.5) is 0 Å². The van der Waals surface area contributed by atoms with E-state index in [9.17, 15) is 4.79 Å². The van der Waals surface area contributed by atoms with Crippen LogP contribution in [-0.2, 0) is 10.5 Å². The van der Waals surface area contributed by atoms with Crippen molar-refractivity contribution >= 4 is 17.7 Å². The number of thioether (sulfide) groups is 1. The first-order valence-corrected chi connectivity index (χ1v) is 9.46. The van der Waals surface area contributed by atoms with Crippen LogP contribution in [0.1, 0.15) is 30.5 Å². The Morgan fingerprint density at radius 1 is 1.08 bits per heavy atom. The maximum Gasteiger partial charge on any atom is 0.230 e. The number of ether oxygens (including phenoxy) is 2. The van der Waals surface area contributed by atoms with Gasteiger partial charge in [0.2, 0.25) is 5.91 Å². The molecule has 0 fully saturated rings. The van der Waals surface area contributed by atoms with Crippen LogP contribution in [0, 0.1) is 0 Å². The van der Waals surface area contributed by atoms with Crippen LogP contribution in [0.3, 0.4) is 0 Å². The highest BCUT2D eigenvalue weighted by Crippen LogP contribution is 2.30. The number of methoxy groups -OCH3 is 2. The van der Waals surface area contributed by atoms with Gasteiger partial charge in [-0.2, -0.15) is 0 Å². The lowest BCUT2D eigenvalue weighted by atomic mass is 10.0. The van der Waals surface area contributed by atoms with Gasteiger partial charge >= 0.3 is 0 Å². The Morgan fingerprint density at radius 2 is 1.80 bits per heavy atom. The minimum absolute atomic E-state index is 0.0374. The molecule has 1 atom stereocenters. The average Bonchev–Trinajstić information content (AvgIpc) is 2.66. The van der Waals surface area contributed by atoms with E-state index in [2.05, 4.69) is 24.4 Å². The molecule has 0 aliphatic rings. The first kappa shape index (κ1) is 19.2. The number of carbonyl (C=O) groups excluding carboxylic acids is 1. The Bertz CT molecular complexity index is 676. The van der Waals surface area contributed by atoms with E-state index in [4.69, 9.17) is 9.47 Å². The largest absolute Gasteiger partial charge is 0.493 e.